The van der Waals surface area contributed by atoms with Crippen molar-refractivity contribution in [1.29, 1.82) is 0 Å². The van der Waals surface area contributed by atoms with Gasteiger partial charge in [-0.3, -0.25) is 0 Å². The first-order chi connectivity index (χ1) is 16.5. The molecular weight excluding hydrogens is 456 g/mol. The molecule has 1 saturated heterocycles. The molecule has 5 saturated carbocycles. The number of fused-ring (bicyclic) bond motifs is 2. The van der Waals surface area contributed by atoms with E-state index in [0.717, 1.165) is 44.8 Å². The Labute approximate surface area is 216 Å². The first-order valence-electron chi connectivity index (χ1n) is 14.5. The van der Waals surface area contributed by atoms with Gasteiger partial charge >= 0.3 is 0 Å². The second kappa shape index (κ2) is 7.15. The molecule has 1 heterocycles. The Morgan fingerprint density at radius 3 is 2.17 bits per heavy atom. The van der Waals surface area contributed by atoms with E-state index >= 15 is 0 Å². The largest absolute Gasteiger partial charge is 0.393 e. The van der Waals surface area contributed by atoms with Crippen LogP contribution in [0.15, 0.2) is 0 Å². The van der Waals surface area contributed by atoms with Crippen molar-refractivity contribution in [3.63, 3.8) is 0 Å². The molecule has 0 radical (unpaired) electrons. The summed E-state index contributed by atoms with van der Waals surface area (Å²) in [5, 5.41) is 44.9. The molecule has 204 valence electrons. The minimum absolute atomic E-state index is 0.0299. The van der Waals surface area contributed by atoms with Gasteiger partial charge in [-0.25, -0.2) is 0 Å². The van der Waals surface area contributed by atoms with E-state index in [0.29, 0.717) is 19.3 Å². The summed E-state index contributed by atoms with van der Waals surface area (Å²) >= 11 is 0. The Bertz CT molecular complexity index is 962. The number of carbonyl (C=O) groups excluding carboxylic acids is 1. The molecule has 5 aliphatic carbocycles. The van der Waals surface area contributed by atoms with E-state index in [4.69, 9.17) is 4.74 Å². The van der Waals surface area contributed by atoms with Gasteiger partial charge in [-0.2, -0.15) is 0 Å². The quantitative estimate of drug-likeness (QED) is 0.438. The number of aldehydes is 1. The van der Waals surface area contributed by atoms with E-state index in [9.17, 15) is 25.2 Å². The third kappa shape index (κ3) is 2.74. The molecule has 0 unspecified atom stereocenters. The normalized spacial score (nSPS) is 62.1. The summed E-state index contributed by atoms with van der Waals surface area (Å²) in [5.41, 5.74) is -2.62. The van der Waals surface area contributed by atoms with Gasteiger partial charge in [-0.15, -0.1) is 0 Å². The highest BCUT2D eigenvalue weighted by molar-refractivity contribution is 5.62. The highest BCUT2D eigenvalue weighted by Crippen LogP contribution is 2.89. The molecule has 2 spiro atoms. The second-order valence-electron chi connectivity index (χ2n) is 15.6. The zero-order chi connectivity index (χ0) is 26.3. The molecule has 4 N–H and O–H groups in total. The Hall–Kier alpha value is -0.530. The van der Waals surface area contributed by atoms with Crippen LogP contribution in [-0.2, 0) is 9.53 Å². The lowest BCUT2D eigenvalue weighted by atomic mass is 9.41. The lowest BCUT2D eigenvalue weighted by Gasteiger charge is -2.64. The Morgan fingerprint density at radius 2 is 1.56 bits per heavy atom. The molecule has 0 aromatic heterocycles. The summed E-state index contributed by atoms with van der Waals surface area (Å²) in [5.74, 6) is 0.0503. The molecule has 0 aromatic carbocycles. The zero-order valence-electron chi connectivity index (χ0n) is 23.1. The molecule has 6 nitrogen and oxygen atoms in total. The smallest absolute Gasteiger partial charge is 0.128 e. The van der Waals surface area contributed by atoms with E-state index in [1.165, 1.54) is 0 Å². The van der Waals surface area contributed by atoms with Crippen LogP contribution >= 0.6 is 0 Å². The summed E-state index contributed by atoms with van der Waals surface area (Å²) < 4.78 is 6.63. The molecule has 0 bridgehead atoms. The third-order valence-electron chi connectivity index (χ3n) is 13.8. The van der Waals surface area contributed by atoms with Crippen molar-refractivity contribution in [1.82, 2.24) is 0 Å². The van der Waals surface area contributed by atoms with Gasteiger partial charge in [0, 0.05) is 11.8 Å². The number of hydrogen-bond donors (Lipinski definition) is 4. The summed E-state index contributed by atoms with van der Waals surface area (Å²) in [6, 6.07) is 0. The van der Waals surface area contributed by atoms with Crippen molar-refractivity contribution in [2.75, 3.05) is 0 Å². The molecule has 6 fully saturated rings. The molecule has 6 aliphatic rings. The molecule has 6 rings (SSSR count). The fourth-order valence-electron chi connectivity index (χ4n) is 12.0. The van der Waals surface area contributed by atoms with E-state index in [-0.39, 0.29) is 45.5 Å². The van der Waals surface area contributed by atoms with Crippen LogP contribution in [0.3, 0.4) is 0 Å². The SMILES string of the molecule is CC(C)(O)[C@@H]1CC[C@](C)([C@H]2[C@@H](O)C[C@@]3(C)[C@@H]4C[C@H](O)[C@H]5[C@](C)(C=O)[C@@H](O)CC[C@@]56C[C@@]46CC[C@]23C)O1. The summed E-state index contributed by atoms with van der Waals surface area (Å²) in [7, 11) is 0. The van der Waals surface area contributed by atoms with Crippen LogP contribution in [-0.4, -0.2) is 62.3 Å². The highest BCUT2D eigenvalue weighted by Gasteiger charge is 2.85. The van der Waals surface area contributed by atoms with E-state index in [2.05, 4.69) is 20.8 Å². The van der Waals surface area contributed by atoms with Gasteiger partial charge in [0.2, 0.25) is 0 Å². The number of rotatable bonds is 3. The number of aliphatic hydroxyl groups is 4. The molecule has 0 amide bonds. The van der Waals surface area contributed by atoms with Crippen molar-refractivity contribution in [3.05, 3.63) is 0 Å². The van der Waals surface area contributed by atoms with Crippen molar-refractivity contribution in [2.45, 2.75) is 135 Å². The predicted molar refractivity (Wildman–Crippen MR) is 135 cm³/mol. The van der Waals surface area contributed by atoms with E-state index in [1.54, 1.807) is 0 Å². The molecule has 1 aliphatic heterocycles. The molecule has 13 atom stereocenters. The van der Waals surface area contributed by atoms with Crippen molar-refractivity contribution in [3.8, 4) is 0 Å². The van der Waals surface area contributed by atoms with Crippen LogP contribution in [0.1, 0.15) is 99.3 Å². The predicted octanol–water partition coefficient (Wildman–Crippen LogP) is 3.62. The van der Waals surface area contributed by atoms with Crippen molar-refractivity contribution in [2.24, 2.45) is 44.8 Å². The second-order valence-corrected chi connectivity index (χ2v) is 15.6. The minimum atomic E-state index is -0.915. The van der Waals surface area contributed by atoms with Gasteiger partial charge in [0.25, 0.3) is 0 Å². The standard InChI is InChI=1S/C30H48O6/c1-24(2,35)21-8-9-28(6,36-21)23-18(33)14-27(5)19-13-17(32)22-25(3,16-31)20(34)7-10-30(22)15-29(19,30)12-11-26(23,27)4/h16-23,32-35H,7-15H2,1-6H3/t17-,18-,19-,20-,21-,22-,23-,25+,26+,27-,28+,29-,30+/m0/s1. The van der Waals surface area contributed by atoms with Gasteiger partial charge in [0.05, 0.1) is 41.0 Å². The zero-order valence-corrected chi connectivity index (χ0v) is 23.1. The third-order valence-corrected chi connectivity index (χ3v) is 13.8. The summed E-state index contributed by atoms with van der Waals surface area (Å²) in [6.07, 6.45) is 6.43. The monoisotopic (exact) mass is 504 g/mol. The lowest BCUT2D eigenvalue weighted by molar-refractivity contribution is -0.212. The first-order valence-corrected chi connectivity index (χ1v) is 14.5. The van der Waals surface area contributed by atoms with Crippen LogP contribution in [0.2, 0.25) is 0 Å². The lowest BCUT2D eigenvalue weighted by Crippen LogP contribution is -2.63. The summed E-state index contributed by atoms with van der Waals surface area (Å²) in [6.45, 7) is 12.4. The van der Waals surface area contributed by atoms with Crippen LogP contribution in [0, 0.1) is 44.8 Å². The van der Waals surface area contributed by atoms with Crippen LogP contribution in [0.5, 0.6) is 0 Å². The molecule has 6 heteroatoms. The number of carbonyl (C=O) groups is 1. The topological polar surface area (TPSA) is 107 Å². The van der Waals surface area contributed by atoms with Gasteiger partial charge in [-0.05, 0) is 106 Å². The average Bonchev–Trinajstić information content (AvgIpc) is 3.14. The van der Waals surface area contributed by atoms with Gasteiger partial charge in [0.15, 0.2) is 0 Å². The average molecular weight is 505 g/mol. The fraction of sp³-hybridized carbons (Fsp3) is 0.967. The number of ether oxygens (including phenoxy) is 1. The van der Waals surface area contributed by atoms with Crippen molar-refractivity contribution >= 4 is 6.29 Å². The first kappa shape index (κ1) is 25.7. The van der Waals surface area contributed by atoms with Crippen LogP contribution < -0.4 is 0 Å². The minimum Gasteiger partial charge on any atom is -0.393 e. The van der Waals surface area contributed by atoms with E-state index < -0.39 is 34.9 Å². The Morgan fingerprint density at radius 1 is 0.861 bits per heavy atom. The van der Waals surface area contributed by atoms with Crippen LogP contribution in [0.4, 0.5) is 0 Å². The summed E-state index contributed by atoms with van der Waals surface area (Å²) in [4.78, 5) is 12.3. The fourth-order valence-corrected chi connectivity index (χ4v) is 12.0. The van der Waals surface area contributed by atoms with Gasteiger partial charge in [-0.1, -0.05) is 20.8 Å². The number of hydrogen-bond acceptors (Lipinski definition) is 6. The highest BCUT2D eigenvalue weighted by atomic mass is 16.5. The maximum Gasteiger partial charge on any atom is 0.128 e. The molecular formula is C30H48O6. The maximum absolute atomic E-state index is 12.3. The van der Waals surface area contributed by atoms with E-state index in [1.807, 2.05) is 20.8 Å². The van der Waals surface area contributed by atoms with Gasteiger partial charge < -0.3 is 30.0 Å². The Kier molecular flexibility index (Phi) is 5.11. The maximum atomic E-state index is 12.3. The number of aliphatic hydroxyl groups excluding tert-OH is 3. The molecule has 36 heavy (non-hydrogen) atoms. The van der Waals surface area contributed by atoms with Crippen molar-refractivity contribution < 1.29 is 30.0 Å². The van der Waals surface area contributed by atoms with Gasteiger partial charge in [0.1, 0.15) is 6.29 Å². The molecule has 0 aromatic rings. The van der Waals surface area contributed by atoms with Crippen LogP contribution in [0.25, 0.3) is 0 Å². The Balaban J connectivity index is 1.37.